The van der Waals surface area contributed by atoms with Crippen molar-refractivity contribution >= 4 is 6.29 Å². The van der Waals surface area contributed by atoms with E-state index in [-0.39, 0.29) is 0 Å². The van der Waals surface area contributed by atoms with Crippen molar-refractivity contribution in [3.63, 3.8) is 0 Å². The summed E-state index contributed by atoms with van der Waals surface area (Å²) < 4.78 is 0. The lowest BCUT2D eigenvalue weighted by Gasteiger charge is -2.45. The minimum atomic E-state index is 0.329. The lowest BCUT2D eigenvalue weighted by molar-refractivity contribution is -0.104. The minimum absolute atomic E-state index is 0.329. The molecule has 0 saturated heterocycles. The molecule has 0 radical (unpaired) electrons. The van der Waals surface area contributed by atoms with E-state index in [2.05, 4.69) is 19.9 Å². The normalized spacial score (nSPS) is 37.4. The zero-order valence-corrected chi connectivity index (χ0v) is 10.7. The molecular formula is C15H22O. The smallest absolute Gasteiger partial charge is 0.145 e. The van der Waals surface area contributed by atoms with Crippen LogP contribution in [0, 0.1) is 11.3 Å². The molecule has 0 N–H and O–H groups in total. The predicted molar refractivity (Wildman–Crippen MR) is 67.2 cm³/mol. The number of carbonyl (C=O) groups excluding carboxylic acids is 1. The summed E-state index contributed by atoms with van der Waals surface area (Å²) in [6.45, 7) is 6.72. The highest BCUT2D eigenvalue weighted by atomic mass is 16.1. The van der Waals surface area contributed by atoms with Gasteiger partial charge in [-0.1, -0.05) is 31.1 Å². The summed E-state index contributed by atoms with van der Waals surface area (Å²) >= 11 is 0. The van der Waals surface area contributed by atoms with Crippen LogP contribution in [0.1, 0.15) is 52.9 Å². The summed E-state index contributed by atoms with van der Waals surface area (Å²) in [7, 11) is 0. The van der Waals surface area contributed by atoms with Crippen LogP contribution in [-0.2, 0) is 4.79 Å². The third-order valence-electron chi connectivity index (χ3n) is 4.82. The Balaban J connectivity index is 2.33. The van der Waals surface area contributed by atoms with Crippen LogP contribution in [0.15, 0.2) is 22.8 Å². The Bertz CT molecular complexity index is 362. The molecule has 0 amide bonds. The van der Waals surface area contributed by atoms with Gasteiger partial charge in [0.25, 0.3) is 0 Å². The summed E-state index contributed by atoms with van der Waals surface area (Å²) in [4.78, 5) is 10.9. The van der Waals surface area contributed by atoms with Gasteiger partial charge in [0.2, 0.25) is 0 Å². The second kappa shape index (κ2) is 4.20. The molecular weight excluding hydrogens is 196 g/mol. The first-order valence-corrected chi connectivity index (χ1v) is 6.41. The molecule has 0 aromatic carbocycles. The third-order valence-corrected chi connectivity index (χ3v) is 4.82. The monoisotopic (exact) mass is 218 g/mol. The van der Waals surface area contributed by atoms with E-state index in [4.69, 9.17) is 0 Å². The molecule has 16 heavy (non-hydrogen) atoms. The van der Waals surface area contributed by atoms with Gasteiger partial charge in [0.05, 0.1) is 0 Å². The van der Waals surface area contributed by atoms with Gasteiger partial charge >= 0.3 is 0 Å². The lowest BCUT2D eigenvalue weighted by atomic mass is 9.59. The molecule has 1 fully saturated rings. The minimum Gasteiger partial charge on any atom is -0.298 e. The van der Waals surface area contributed by atoms with E-state index >= 15 is 0 Å². The van der Waals surface area contributed by atoms with Crippen LogP contribution in [0.4, 0.5) is 0 Å². The van der Waals surface area contributed by atoms with E-state index in [0.29, 0.717) is 5.41 Å². The molecule has 2 rings (SSSR count). The van der Waals surface area contributed by atoms with E-state index in [1.807, 2.05) is 6.92 Å². The second-order valence-corrected chi connectivity index (χ2v) is 5.71. The van der Waals surface area contributed by atoms with Crippen molar-refractivity contribution in [3.8, 4) is 0 Å². The van der Waals surface area contributed by atoms with Gasteiger partial charge in [0.15, 0.2) is 0 Å². The van der Waals surface area contributed by atoms with Crippen molar-refractivity contribution < 1.29 is 4.79 Å². The van der Waals surface area contributed by atoms with Crippen LogP contribution in [0.2, 0.25) is 0 Å². The van der Waals surface area contributed by atoms with Gasteiger partial charge < -0.3 is 0 Å². The molecule has 1 saturated carbocycles. The topological polar surface area (TPSA) is 17.1 Å². The fourth-order valence-corrected chi connectivity index (χ4v) is 3.29. The highest BCUT2D eigenvalue weighted by Gasteiger charge is 2.39. The summed E-state index contributed by atoms with van der Waals surface area (Å²) in [6, 6.07) is 0. The summed E-state index contributed by atoms with van der Waals surface area (Å²) in [5.74, 6) is 0.752. The number of fused-ring (bicyclic) bond motifs is 1. The predicted octanol–water partition coefficient (Wildman–Crippen LogP) is 4.05. The Morgan fingerprint density at radius 2 is 2.25 bits per heavy atom. The van der Waals surface area contributed by atoms with Crippen molar-refractivity contribution in [1.29, 1.82) is 0 Å². The molecule has 88 valence electrons. The van der Waals surface area contributed by atoms with Crippen molar-refractivity contribution in [2.45, 2.75) is 52.9 Å². The van der Waals surface area contributed by atoms with E-state index in [1.54, 1.807) is 5.57 Å². The maximum Gasteiger partial charge on any atom is 0.145 e. The van der Waals surface area contributed by atoms with Crippen molar-refractivity contribution in [3.05, 3.63) is 22.8 Å². The van der Waals surface area contributed by atoms with Crippen LogP contribution in [0.3, 0.4) is 0 Å². The van der Waals surface area contributed by atoms with Crippen LogP contribution in [-0.4, -0.2) is 6.29 Å². The van der Waals surface area contributed by atoms with Crippen molar-refractivity contribution in [2.24, 2.45) is 11.3 Å². The summed E-state index contributed by atoms with van der Waals surface area (Å²) in [5, 5.41) is 0. The number of aldehydes is 1. The Labute approximate surface area is 98.6 Å². The largest absolute Gasteiger partial charge is 0.298 e. The number of rotatable bonds is 1. The highest BCUT2D eigenvalue weighted by molar-refractivity contribution is 5.73. The zero-order valence-electron chi connectivity index (χ0n) is 10.7. The molecule has 0 aliphatic heterocycles. The zero-order chi connectivity index (χ0) is 11.8. The average Bonchev–Trinajstić information content (AvgIpc) is 2.29. The number of hydrogen-bond acceptors (Lipinski definition) is 1. The quantitative estimate of drug-likeness (QED) is 0.368. The standard InChI is InChI=1S/C15H22O/c1-11(10-16)13-7-8-14-6-4-5-12(2)15(14,3)9-13/h6,10,12H,4-5,7-9H2,1-3H3/b13-11-/t12-,15+/m0/s1. The average molecular weight is 218 g/mol. The fraction of sp³-hybridized carbons (Fsp3) is 0.667. The molecule has 1 nitrogen and oxygen atoms in total. The van der Waals surface area contributed by atoms with Gasteiger partial charge in [-0.05, 0) is 55.9 Å². The Morgan fingerprint density at radius 1 is 1.50 bits per heavy atom. The van der Waals surface area contributed by atoms with Gasteiger partial charge in [0.1, 0.15) is 6.29 Å². The number of carbonyl (C=O) groups is 1. The SMILES string of the molecule is C/C(C=O)=C1\CCC2=CCC[C@H](C)[C@@]2(C)C1. The van der Waals surface area contributed by atoms with E-state index in [0.717, 1.165) is 30.6 Å². The van der Waals surface area contributed by atoms with E-state index in [9.17, 15) is 4.79 Å². The molecule has 2 atom stereocenters. The molecule has 2 aliphatic rings. The molecule has 0 spiro atoms. The molecule has 2 aliphatic carbocycles. The first-order chi connectivity index (χ1) is 7.58. The first-order valence-electron chi connectivity index (χ1n) is 6.41. The molecule has 1 heteroatoms. The van der Waals surface area contributed by atoms with Crippen molar-refractivity contribution in [2.75, 3.05) is 0 Å². The van der Waals surface area contributed by atoms with E-state index < -0.39 is 0 Å². The molecule has 0 aromatic heterocycles. The lowest BCUT2D eigenvalue weighted by Crippen LogP contribution is -2.34. The maximum absolute atomic E-state index is 10.9. The fourth-order valence-electron chi connectivity index (χ4n) is 3.29. The molecule has 0 aromatic rings. The number of hydrogen-bond donors (Lipinski definition) is 0. The Kier molecular flexibility index (Phi) is 3.05. The Hall–Kier alpha value is -0.850. The third kappa shape index (κ3) is 1.77. The van der Waals surface area contributed by atoms with E-state index in [1.165, 1.54) is 24.8 Å². The van der Waals surface area contributed by atoms with Crippen molar-refractivity contribution in [1.82, 2.24) is 0 Å². The van der Waals surface area contributed by atoms with Crippen LogP contribution in [0.25, 0.3) is 0 Å². The summed E-state index contributed by atoms with van der Waals surface area (Å²) in [6.07, 6.45) is 9.39. The number of allylic oxidation sites excluding steroid dienone is 4. The van der Waals surface area contributed by atoms with Crippen LogP contribution in [0.5, 0.6) is 0 Å². The highest BCUT2D eigenvalue weighted by Crippen LogP contribution is 2.52. The van der Waals surface area contributed by atoms with Gasteiger partial charge in [-0.2, -0.15) is 0 Å². The van der Waals surface area contributed by atoms with Gasteiger partial charge in [-0.3, -0.25) is 4.79 Å². The summed E-state index contributed by atoms with van der Waals surface area (Å²) in [5.41, 5.74) is 4.34. The van der Waals surface area contributed by atoms with Crippen LogP contribution < -0.4 is 0 Å². The second-order valence-electron chi connectivity index (χ2n) is 5.71. The van der Waals surface area contributed by atoms with Gasteiger partial charge in [0, 0.05) is 0 Å². The Morgan fingerprint density at radius 3 is 2.94 bits per heavy atom. The maximum atomic E-state index is 10.9. The van der Waals surface area contributed by atoms with Gasteiger partial charge in [-0.15, -0.1) is 0 Å². The van der Waals surface area contributed by atoms with Crippen LogP contribution >= 0.6 is 0 Å². The first kappa shape index (κ1) is 11.6. The van der Waals surface area contributed by atoms with Gasteiger partial charge in [-0.25, -0.2) is 0 Å². The molecule has 0 unspecified atom stereocenters. The molecule has 0 heterocycles. The molecule has 0 bridgehead atoms.